The van der Waals surface area contributed by atoms with Gasteiger partial charge in [-0.05, 0) is 107 Å². The van der Waals surface area contributed by atoms with Crippen LogP contribution in [0.1, 0.15) is 107 Å². The van der Waals surface area contributed by atoms with Crippen LogP contribution in [0.2, 0.25) is 0 Å². The predicted octanol–water partition coefficient (Wildman–Crippen LogP) is 5.46. The van der Waals surface area contributed by atoms with E-state index in [1.807, 2.05) is 28.8 Å². The lowest BCUT2D eigenvalue weighted by Crippen LogP contribution is -2.42. The quantitative estimate of drug-likeness (QED) is 0.0664. The number of unbranched alkanes of at least 4 members (excludes halogenated alkanes) is 1. The van der Waals surface area contributed by atoms with Gasteiger partial charge in [-0.15, -0.1) is 0 Å². The number of hydrogen-bond donors (Lipinski definition) is 5. The monoisotopic (exact) mass is 855 g/mol. The first kappa shape index (κ1) is 50.0. The van der Waals surface area contributed by atoms with Crippen LogP contribution in [0.15, 0.2) is 30.6 Å². The maximum atomic E-state index is 13.1. The van der Waals surface area contributed by atoms with Gasteiger partial charge in [-0.3, -0.25) is 9.59 Å². The van der Waals surface area contributed by atoms with Gasteiger partial charge in [0.05, 0.1) is 23.4 Å². The number of anilines is 1. The maximum absolute atomic E-state index is 13.1. The number of rotatable bonds is 21. The number of alkyl carbamates (subject to hydrolysis) is 1. The summed E-state index contributed by atoms with van der Waals surface area (Å²) in [7, 11) is 0. The molecule has 61 heavy (non-hydrogen) atoms. The molecule has 18 nitrogen and oxygen atoms in total. The van der Waals surface area contributed by atoms with E-state index in [1.165, 1.54) is 0 Å². The van der Waals surface area contributed by atoms with Crippen LogP contribution < -0.4 is 27.4 Å². The van der Waals surface area contributed by atoms with E-state index in [2.05, 4.69) is 25.9 Å². The minimum atomic E-state index is -0.850. The van der Waals surface area contributed by atoms with E-state index in [0.717, 1.165) is 16.4 Å². The molecule has 340 valence electrons. The summed E-state index contributed by atoms with van der Waals surface area (Å²) in [6.45, 7) is 19.2. The lowest BCUT2D eigenvalue weighted by atomic mass is 10.1. The lowest BCUT2D eigenvalue weighted by Gasteiger charge is -2.29. The second-order valence-electron chi connectivity index (χ2n) is 18.1. The second-order valence-corrected chi connectivity index (χ2v) is 18.1. The zero-order valence-electron chi connectivity index (χ0n) is 37.7. The Hall–Kier alpha value is -5.39. The number of hydrogen-bond acceptors (Lipinski definition) is 12. The number of pyridine rings is 1. The third-order valence-corrected chi connectivity index (χ3v) is 8.98. The number of carbonyl (C=O) groups excluding carboxylic acids is 5. The molecule has 0 aliphatic carbocycles. The molecule has 0 radical (unpaired) electrons. The largest absolute Gasteiger partial charge is 0.444 e. The molecule has 3 aromatic rings. The van der Waals surface area contributed by atoms with Gasteiger partial charge in [-0.25, -0.2) is 24.4 Å². The summed E-state index contributed by atoms with van der Waals surface area (Å²) in [5.41, 5.74) is 12.6. The summed E-state index contributed by atoms with van der Waals surface area (Å²) in [6, 6.07) is 6.88. The Morgan fingerprint density at radius 3 is 1.82 bits per heavy atom. The first-order chi connectivity index (χ1) is 28.5. The summed E-state index contributed by atoms with van der Waals surface area (Å²) in [6.07, 6.45) is 3.26. The van der Waals surface area contributed by atoms with Gasteiger partial charge in [0.2, 0.25) is 11.8 Å². The van der Waals surface area contributed by atoms with Crippen molar-refractivity contribution < 1.29 is 38.2 Å². The van der Waals surface area contributed by atoms with Gasteiger partial charge in [0.1, 0.15) is 22.3 Å². The summed E-state index contributed by atoms with van der Waals surface area (Å²) < 4.78 is 18.6. The molecule has 2 aromatic heterocycles. The van der Waals surface area contributed by atoms with Crippen molar-refractivity contribution in [1.29, 1.82) is 0 Å². The molecule has 0 bridgehead atoms. The first-order valence-electron chi connectivity index (χ1n) is 21.2. The average Bonchev–Trinajstić information content (AvgIpc) is 3.58. The minimum Gasteiger partial charge on any atom is -0.444 e. The fourth-order valence-electron chi connectivity index (χ4n) is 6.19. The van der Waals surface area contributed by atoms with Crippen LogP contribution in [0.4, 0.5) is 20.2 Å². The predicted molar refractivity (Wildman–Crippen MR) is 236 cm³/mol. The molecule has 0 fully saturated rings. The standard InChI is InChI=1S/C43H70N10O8/c1-41(2,3)59-38(56)48-23-16-27-52(40(58)61-43(7,8)9)25-13-12-24-51(39(57)60-42(4,5)6)26-14-21-46-33(54)20-19-31(44)37(55)47-22-15-28-53-29-49-34-35(53)30-17-10-11-18-32(30)50-36(34)45/h10-11,17-18,29,31H,12-16,19-28,44H2,1-9H3,(H2,45,50)(H,46,54)(H,47,55)(H,48,56)/t31-/m0/s1. The smallest absolute Gasteiger partial charge is 0.410 e. The molecule has 0 aliphatic rings. The van der Waals surface area contributed by atoms with Crippen LogP contribution in [0.5, 0.6) is 0 Å². The number of imidazole rings is 1. The zero-order chi connectivity index (χ0) is 45.4. The zero-order valence-corrected chi connectivity index (χ0v) is 37.7. The number of para-hydroxylation sites is 1. The van der Waals surface area contributed by atoms with E-state index in [0.29, 0.717) is 95.8 Å². The first-order valence-corrected chi connectivity index (χ1v) is 21.2. The van der Waals surface area contributed by atoms with Gasteiger partial charge in [0, 0.05) is 64.2 Å². The number of aryl methyl sites for hydroxylation is 1. The molecule has 0 aliphatic heterocycles. The Kier molecular flexibility index (Phi) is 18.8. The molecular formula is C43H70N10O8. The molecule has 7 N–H and O–H groups in total. The number of fused-ring (bicyclic) bond motifs is 3. The van der Waals surface area contributed by atoms with Crippen molar-refractivity contribution >= 4 is 57.8 Å². The lowest BCUT2D eigenvalue weighted by molar-refractivity contribution is -0.123. The second kappa shape index (κ2) is 23.0. The number of amides is 5. The molecule has 3 rings (SSSR count). The summed E-state index contributed by atoms with van der Waals surface area (Å²) in [5, 5.41) is 9.38. The highest BCUT2D eigenvalue weighted by atomic mass is 16.6. The highest BCUT2D eigenvalue weighted by Gasteiger charge is 2.25. The van der Waals surface area contributed by atoms with E-state index >= 15 is 0 Å². The number of nitrogens with two attached hydrogens (primary N) is 2. The molecule has 1 aromatic carbocycles. The Morgan fingerprint density at radius 1 is 0.721 bits per heavy atom. The van der Waals surface area contributed by atoms with Crippen molar-refractivity contribution in [1.82, 2.24) is 40.3 Å². The summed E-state index contributed by atoms with van der Waals surface area (Å²) in [4.78, 5) is 75.6. The van der Waals surface area contributed by atoms with E-state index in [9.17, 15) is 24.0 Å². The highest BCUT2D eigenvalue weighted by Crippen LogP contribution is 2.27. The molecule has 0 saturated carbocycles. The van der Waals surface area contributed by atoms with Gasteiger partial charge in [-0.1, -0.05) is 18.2 Å². The molecule has 0 saturated heterocycles. The number of aromatic nitrogens is 3. The van der Waals surface area contributed by atoms with Crippen LogP contribution in [0, 0.1) is 0 Å². The Balaban J connectivity index is 1.40. The van der Waals surface area contributed by atoms with Gasteiger partial charge < -0.3 is 56.0 Å². The fraction of sp³-hybridized carbons (Fsp3) is 0.651. The number of carbonyl (C=O) groups is 5. The van der Waals surface area contributed by atoms with E-state index in [4.69, 9.17) is 25.7 Å². The van der Waals surface area contributed by atoms with Gasteiger partial charge in [-0.2, -0.15) is 0 Å². The third-order valence-electron chi connectivity index (χ3n) is 8.98. The summed E-state index contributed by atoms with van der Waals surface area (Å²) in [5.74, 6) is -0.212. The van der Waals surface area contributed by atoms with Crippen LogP contribution in [0.25, 0.3) is 21.9 Å². The van der Waals surface area contributed by atoms with Gasteiger partial charge in [0.15, 0.2) is 5.82 Å². The highest BCUT2D eigenvalue weighted by molar-refractivity contribution is 6.06. The van der Waals surface area contributed by atoms with Gasteiger partial charge >= 0.3 is 18.3 Å². The van der Waals surface area contributed by atoms with Crippen LogP contribution >= 0.6 is 0 Å². The van der Waals surface area contributed by atoms with Crippen molar-refractivity contribution in [3.63, 3.8) is 0 Å². The Morgan fingerprint density at radius 2 is 1.25 bits per heavy atom. The molecule has 1 atom stereocenters. The number of benzene rings is 1. The van der Waals surface area contributed by atoms with Gasteiger partial charge in [0.25, 0.3) is 0 Å². The van der Waals surface area contributed by atoms with E-state index in [-0.39, 0.29) is 24.7 Å². The minimum absolute atomic E-state index is 0.0686. The van der Waals surface area contributed by atoms with Crippen molar-refractivity contribution in [2.75, 3.05) is 51.5 Å². The third kappa shape index (κ3) is 18.4. The number of nitrogens with one attached hydrogen (secondary N) is 3. The normalized spacial score (nSPS) is 12.4. The Bertz CT molecular complexity index is 1910. The number of nitrogens with zero attached hydrogens (tertiary/aromatic N) is 5. The SMILES string of the molecule is CC(C)(C)OC(=O)NCCCN(CCCCN(CCCNC(=O)CC[C@H](N)C(=O)NCCCn1cnc2c(N)nc3ccccc3c21)C(=O)OC(C)(C)C)C(=O)OC(C)(C)C. The maximum Gasteiger partial charge on any atom is 0.410 e. The van der Waals surface area contributed by atoms with Crippen LogP contribution in [-0.4, -0.2) is 123 Å². The Labute approximate surface area is 360 Å². The molecule has 5 amide bonds. The number of nitrogen functional groups attached to an aromatic ring is 1. The van der Waals surface area contributed by atoms with E-state index < -0.39 is 41.1 Å². The van der Waals surface area contributed by atoms with Crippen LogP contribution in [-0.2, 0) is 30.3 Å². The topological polar surface area (TPSA) is 238 Å². The average molecular weight is 855 g/mol. The molecule has 0 unspecified atom stereocenters. The molecular weight excluding hydrogens is 785 g/mol. The summed E-state index contributed by atoms with van der Waals surface area (Å²) >= 11 is 0. The van der Waals surface area contributed by atoms with Crippen molar-refractivity contribution in [2.24, 2.45) is 5.73 Å². The fourth-order valence-corrected chi connectivity index (χ4v) is 6.19. The van der Waals surface area contributed by atoms with Crippen molar-refractivity contribution in [3.05, 3.63) is 30.6 Å². The van der Waals surface area contributed by atoms with Crippen molar-refractivity contribution in [2.45, 2.75) is 137 Å². The number of ether oxygens (including phenoxy) is 3. The molecule has 2 heterocycles. The molecule has 0 spiro atoms. The molecule has 18 heteroatoms. The van der Waals surface area contributed by atoms with Crippen LogP contribution in [0.3, 0.4) is 0 Å². The van der Waals surface area contributed by atoms with Crippen molar-refractivity contribution in [3.8, 4) is 0 Å². The van der Waals surface area contributed by atoms with E-state index in [1.54, 1.807) is 78.4 Å².